The monoisotopic (exact) mass is 270 g/mol. The molecule has 0 unspecified atom stereocenters. The summed E-state index contributed by atoms with van der Waals surface area (Å²) in [6.45, 7) is 0.896. The molecule has 1 fully saturated rings. The van der Waals surface area contributed by atoms with Crippen molar-refractivity contribution in [1.82, 2.24) is 0 Å². The number of anilines is 2. The first-order chi connectivity index (χ1) is 8.99. The quantitative estimate of drug-likeness (QED) is 0.913. The van der Waals surface area contributed by atoms with Crippen LogP contribution in [0.2, 0.25) is 0 Å². The summed E-state index contributed by atoms with van der Waals surface area (Å²) >= 11 is 0. The van der Waals surface area contributed by atoms with Gasteiger partial charge in [-0.2, -0.15) is 0 Å². The van der Waals surface area contributed by atoms with Crippen molar-refractivity contribution in [3.05, 3.63) is 23.8 Å². The smallest absolute Gasteiger partial charge is 0.229 e. The van der Waals surface area contributed by atoms with Crippen molar-refractivity contribution in [2.24, 2.45) is 5.92 Å². The van der Waals surface area contributed by atoms with Crippen molar-refractivity contribution in [2.75, 3.05) is 37.5 Å². The second-order valence-corrected chi connectivity index (χ2v) is 4.73. The van der Waals surface area contributed by atoms with E-state index in [1.165, 1.54) is 4.90 Å². The van der Waals surface area contributed by atoms with Crippen LogP contribution in [0, 0.1) is 17.6 Å². The van der Waals surface area contributed by atoms with E-state index in [1.54, 1.807) is 14.1 Å². The Morgan fingerprint density at radius 1 is 1.37 bits per heavy atom. The predicted octanol–water partition coefficient (Wildman–Crippen LogP) is 2.01. The summed E-state index contributed by atoms with van der Waals surface area (Å²) in [5.41, 5.74) is -0.000279. The summed E-state index contributed by atoms with van der Waals surface area (Å²) in [6, 6.07) is 2.23. The number of carbonyl (C=O) groups is 1. The van der Waals surface area contributed by atoms with E-state index in [1.807, 2.05) is 0 Å². The topological polar surface area (TPSA) is 41.6 Å². The van der Waals surface area contributed by atoms with Crippen LogP contribution in [0.4, 0.5) is 20.2 Å². The minimum atomic E-state index is -0.706. The van der Waals surface area contributed by atoms with E-state index < -0.39 is 11.6 Å². The van der Waals surface area contributed by atoms with E-state index in [0.717, 1.165) is 12.1 Å². The first-order valence-electron chi connectivity index (χ1n) is 6.04. The molecule has 1 aliphatic rings. The van der Waals surface area contributed by atoms with E-state index in [4.69, 9.17) is 4.74 Å². The van der Waals surface area contributed by atoms with Gasteiger partial charge in [0, 0.05) is 26.4 Å². The zero-order valence-electron chi connectivity index (χ0n) is 10.9. The van der Waals surface area contributed by atoms with Crippen LogP contribution in [0.3, 0.4) is 0 Å². The fourth-order valence-electron chi connectivity index (χ4n) is 2.05. The molecule has 1 aromatic rings. The molecule has 0 bridgehead atoms. The molecular formula is C13H16F2N2O2. The van der Waals surface area contributed by atoms with Gasteiger partial charge in [0.15, 0.2) is 11.6 Å². The predicted molar refractivity (Wildman–Crippen MR) is 68.2 cm³/mol. The molecule has 1 saturated heterocycles. The standard InChI is InChI=1S/C13H16F2N2O2/c1-17(2)12-10(14)5-9(6-11(12)15)16-13(18)8-3-4-19-7-8/h5-6,8H,3-4,7H2,1-2H3,(H,16,18)/t8-/m1/s1. The van der Waals surface area contributed by atoms with Gasteiger partial charge in [0.2, 0.25) is 5.91 Å². The zero-order chi connectivity index (χ0) is 14.0. The second-order valence-electron chi connectivity index (χ2n) is 4.73. The van der Waals surface area contributed by atoms with E-state index in [-0.39, 0.29) is 23.2 Å². The number of halogens is 2. The molecule has 19 heavy (non-hydrogen) atoms. The van der Waals surface area contributed by atoms with Crippen molar-refractivity contribution in [2.45, 2.75) is 6.42 Å². The second kappa shape index (κ2) is 5.52. The highest BCUT2D eigenvalue weighted by molar-refractivity contribution is 5.93. The highest BCUT2D eigenvalue weighted by Gasteiger charge is 2.24. The molecule has 0 saturated carbocycles. The minimum absolute atomic E-state index is 0.123. The summed E-state index contributed by atoms with van der Waals surface area (Å²) in [4.78, 5) is 13.2. The molecule has 1 heterocycles. The summed E-state index contributed by atoms with van der Waals surface area (Å²) in [6.07, 6.45) is 0.632. The Morgan fingerprint density at radius 2 is 2.00 bits per heavy atom. The summed E-state index contributed by atoms with van der Waals surface area (Å²) in [5.74, 6) is -1.93. The average Bonchev–Trinajstić information content (AvgIpc) is 2.80. The third-order valence-electron chi connectivity index (χ3n) is 3.03. The molecule has 0 aliphatic carbocycles. The molecule has 104 valence electrons. The Morgan fingerprint density at radius 3 is 2.47 bits per heavy atom. The first-order valence-corrected chi connectivity index (χ1v) is 6.04. The molecule has 1 N–H and O–H groups in total. The lowest BCUT2D eigenvalue weighted by Gasteiger charge is -2.16. The highest BCUT2D eigenvalue weighted by Crippen LogP contribution is 2.26. The Balaban J connectivity index is 2.15. The Kier molecular flexibility index (Phi) is 3.99. The number of carbonyl (C=O) groups excluding carboxylic acids is 1. The highest BCUT2D eigenvalue weighted by atomic mass is 19.1. The maximum Gasteiger partial charge on any atom is 0.229 e. The maximum absolute atomic E-state index is 13.7. The number of hydrogen-bond acceptors (Lipinski definition) is 3. The van der Waals surface area contributed by atoms with E-state index >= 15 is 0 Å². The largest absolute Gasteiger partial charge is 0.381 e. The van der Waals surface area contributed by atoms with Gasteiger partial charge in [-0.15, -0.1) is 0 Å². The van der Waals surface area contributed by atoms with Gasteiger partial charge < -0.3 is 15.0 Å². The normalized spacial score (nSPS) is 18.4. The number of hydrogen-bond donors (Lipinski definition) is 1. The van der Waals surface area contributed by atoms with Crippen LogP contribution in [-0.2, 0) is 9.53 Å². The SMILES string of the molecule is CN(C)c1c(F)cc(NC(=O)[C@@H]2CCOC2)cc1F. The molecule has 0 radical (unpaired) electrons. The van der Waals surface area contributed by atoms with Crippen LogP contribution in [0.5, 0.6) is 0 Å². The number of rotatable bonds is 3. The number of amides is 1. The van der Waals surface area contributed by atoms with Crippen molar-refractivity contribution >= 4 is 17.3 Å². The molecule has 1 aromatic carbocycles. The minimum Gasteiger partial charge on any atom is -0.381 e. The van der Waals surface area contributed by atoms with Crippen LogP contribution < -0.4 is 10.2 Å². The molecule has 0 spiro atoms. The molecule has 1 atom stereocenters. The van der Waals surface area contributed by atoms with Crippen LogP contribution in [-0.4, -0.2) is 33.2 Å². The molecular weight excluding hydrogens is 254 g/mol. The first kappa shape index (κ1) is 13.7. The molecule has 1 aliphatic heterocycles. The van der Waals surface area contributed by atoms with Crippen molar-refractivity contribution in [1.29, 1.82) is 0 Å². The van der Waals surface area contributed by atoms with Crippen LogP contribution in [0.1, 0.15) is 6.42 Å². The lowest BCUT2D eigenvalue weighted by atomic mass is 10.1. The van der Waals surface area contributed by atoms with Gasteiger partial charge in [0.05, 0.1) is 12.5 Å². The summed E-state index contributed by atoms with van der Waals surface area (Å²) in [7, 11) is 3.10. The van der Waals surface area contributed by atoms with Gasteiger partial charge in [-0.25, -0.2) is 8.78 Å². The van der Waals surface area contributed by atoms with Crippen molar-refractivity contribution < 1.29 is 18.3 Å². The third-order valence-corrected chi connectivity index (χ3v) is 3.03. The molecule has 4 nitrogen and oxygen atoms in total. The number of ether oxygens (including phenoxy) is 1. The number of benzene rings is 1. The van der Waals surface area contributed by atoms with Crippen molar-refractivity contribution in [3.8, 4) is 0 Å². The number of nitrogens with zero attached hydrogens (tertiary/aromatic N) is 1. The maximum atomic E-state index is 13.7. The van der Waals surface area contributed by atoms with Crippen LogP contribution >= 0.6 is 0 Å². The summed E-state index contributed by atoms with van der Waals surface area (Å²) in [5, 5.41) is 2.51. The Bertz CT molecular complexity index is 463. The van der Waals surface area contributed by atoms with Gasteiger partial charge in [-0.3, -0.25) is 4.79 Å². The average molecular weight is 270 g/mol. The van der Waals surface area contributed by atoms with Gasteiger partial charge in [-0.05, 0) is 18.6 Å². The fraction of sp³-hybridized carbons (Fsp3) is 0.462. The lowest BCUT2D eigenvalue weighted by Crippen LogP contribution is -2.23. The zero-order valence-corrected chi connectivity index (χ0v) is 10.9. The third kappa shape index (κ3) is 3.01. The molecule has 0 aromatic heterocycles. The van der Waals surface area contributed by atoms with E-state index in [2.05, 4.69) is 5.32 Å². The molecule has 6 heteroatoms. The Hall–Kier alpha value is -1.69. The van der Waals surface area contributed by atoms with Gasteiger partial charge in [-0.1, -0.05) is 0 Å². The summed E-state index contributed by atoms with van der Waals surface area (Å²) < 4.78 is 32.6. The van der Waals surface area contributed by atoms with E-state index in [0.29, 0.717) is 19.6 Å². The lowest BCUT2D eigenvalue weighted by molar-refractivity contribution is -0.119. The molecule has 2 rings (SSSR count). The Labute approximate surface area is 110 Å². The van der Waals surface area contributed by atoms with E-state index in [9.17, 15) is 13.6 Å². The fourth-order valence-corrected chi connectivity index (χ4v) is 2.05. The van der Waals surface area contributed by atoms with Crippen molar-refractivity contribution in [3.63, 3.8) is 0 Å². The van der Waals surface area contributed by atoms with Gasteiger partial charge in [0.1, 0.15) is 5.69 Å². The molecule has 1 amide bonds. The van der Waals surface area contributed by atoms with Gasteiger partial charge >= 0.3 is 0 Å². The number of nitrogens with one attached hydrogen (secondary N) is 1. The van der Waals surface area contributed by atoms with Gasteiger partial charge in [0.25, 0.3) is 0 Å². The van der Waals surface area contributed by atoms with Crippen LogP contribution in [0.15, 0.2) is 12.1 Å². The van der Waals surface area contributed by atoms with Crippen LogP contribution in [0.25, 0.3) is 0 Å².